The topological polar surface area (TPSA) is 263 Å². The largest absolute Gasteiger partial charge is 0.512 e. The second-order valence-electron chi connectivity index (χ2n) is 23.8. The fourth-order valence-electron chi connectivity index (χ4n) is 12.2. The summed E-state index contributed by atoms with van der Waals surface area (Å²) in [5.41, 5.74) is 4.41. The van der Waals surface area contributed by atoms with Gasteiger partial charge in [0.15, 0.2) is 0 Å². The number of sulfonamides is 3. The molecule has 12 rings (SSSR count). The number of phenols is 3. The molecule has 2 saturated carbocycles. The molecule has 2 aliphatic carbocycles. The number of rotatable bonds is 21. The molecule has 0 spiro atoms. The zero-order chi connectivity index (χ0) is 67.4. The van der Waals surface area contributed by atoms with E-state index in [9.17, 15) is 55.9 Å². The Labute approximate surface area is 569 Å². The highest BCUT2D eigenvalue weighted by Gasteiger charge is 2.26. The average molecular weight is 1400 g/mol. The second-order valence-corrected chi connectivity index (χ2v) is 31.9. The van der Waals surface area contributed by atoms with Crippen LogP contribution in [0.3, 0.4) is 0 Å². The summed E-state index contributed by atoms with van der Waals surface area (Å²) in [5.74, 6) is 1.56. The number of fused-ring (bicyclic) bond motifs is 3. The number of benzene rings is 9. The highest BCUT2D eigenvalue weighted by atomic mass is 32.2. The van der Waals surface area contributed by atoms with Crippen LogP contribution in [-0.2, 0) is 30.1 Å². The van der Waals surface area contributed by atoms with Crippen LogP contribution in [0.1, 0.15) is 100 Å². The van der Waals surface area contributed by atoms with Gasteiger partial charge in [-0.05, 0) is 128 Å². The van der Waals surface area contributed by atoms with E-state index in [1.165, 1.54) is 79.4 Å². The number of nitrogens with one attached hydrogen (secondary N) is 3. The predicted molar refractivity (Wildman–Crippen MR) is 389 cm³/mol. The van der Waals surface area contributed by atoms with Crippen molar-refractivity contribution in [3.05, 3.63) is 212 Å². The molecule has 16 nitrogen and oxygen atoms in total. The van der Waals surface area contributed by atoms with Crippen LogP contribution in [0.4, 0.5) is 22.7 Å². The van der Waals surface area contributed by atoms with Gasteiger partial charge in [-0.25, -0.2) is 25.3 Å². The number of anilines is 4. The molecule has 3 aliphatic rings. The van der Waals surface area contributed by atoms with Gasteiger partial charge in [-0.1, -0.05) is 155 Å². The van der Waals surface area contributed by atoms with Crippen molar-refractivity contribution in [1.29, 1.82) is 0 Å². The van der Waals surface area contributed by atoms with E-state index in [4.69, 9.17) is 0 Å². The van der Waals surface area contributed by atoms with Gasteiger partial charge in [0, 0.05) is 51.1 Å². The van der Waals surface area contributed by atoms with Crippen molar-refractivity contribution >= 4 is 120 Å². The molecule has 95 heavy (non-hydrogen) atoms. The molecule has 1 heterocycles. The fourth-order valence-corrected chi connectivity index (χ4v) is 17.8. The highest BCUT2D eigenvalue weighted by molar-refractivity contribution is 8.00. The van der Waals surface area contributed by atoms with E-state index in [0.717, 1.165) is 62.9 Å². The monoisotopic (exact) mass is 1390 g/mol. The summed E-state index contributed by atoms with van der Waals surface area (Å²) < 4.78 is 87.2. The van der Waals surface area contributed by atoms with Gasteiger partial charge < -0.3 is 35.5 Å². The van der Waals surface area contributed by atoms with Crippen LogP contribution >= 0.6 is 35.3 Å². The summed E-state index contributed by atoms with van der Waals surface area (Å²) in [6, 6.07) is 47.3. The molecule has 498 valence electrons. The van der Waals surface area contributed by atoms with E-state index in [-0.39, 0.29) is 66.5 Å². The van der Waals surface area contributed by atoms with Crippen LogP contribution in [-0.4, -0.2) is 86.2 Å². The van der Waals surface area contributed by atoms with E-state index >= 15 is 0 Å². The first-order valence-electron chi connectivity index (χ1n) is 31.4. The maximum atomic E-state index is 13.4. The maximum absolute atomic E-state index is 13.4. The molecule has 1 saturated heterocycles. The van der Waals surface area contributed by atoms with Gasteiger partial charge >= 0.3 is 0 Å². The molecule has 3 fully saturated rings. The van der Waals surface area contributed by atoms with Crippen molar-refractivity contribution in [3.63, 3.8) is 0 Å². The van der Waals surface area contributed by atoms with Gasteiger partial charge in [-0.3, -0.25) is 14.2 Å². The van der Waals surface area contributed by atoms with E-state index in [2.05, 4.69) is 38.8 Å². The van der Waals surface area contributed by atoms with Crippen molar-refractivity contribution in [2.24, 2.45) is 0 Å². The molecule has 0 aromatic heterocycles. The summed E-state index contributed by atoms with van der Waals surface area (Å²) in [4.78, 5) is 4.23. The first-order chi connectivity index (χ1) is 45.5. The Hall–Kier alpha value is -8.12. The van der Waals surface area contributed by atoms with Crippen molar-refractivity contribution in [1.82, 2.24) is 0 Å². The molecular formula is C73H78N4O12S6. The number of hydrogen-bond acceptors (Lipinski definition) is 16. The summed E-state index contributed by atoms with van der Waals surface area (Å²) in [6.07, 6.45) is 14.1. The van der Waals surface area contributed by atoms with Crippen molar-refractivity contribution in [2.45, 2.75) is 118 Å². The van der Waals surface area contributed by atoms with Gasteiger partial charge in [-0.2, -0.15) is 0 Å². The molecule has 0 radical (unpaired) electrons. The molecule has 0 bridgehead atoms. The SMILES string of the molecule is C=C(O)CSc1cc(NS(=O)(=O)c2ccc(C3CCCC3)cc2)c2ccccc2c1O.C=C(O)CSc1cc(NS(=O)(=O)c2ccc(N3CCCC3)cc2)c2ccccc2c1O.C=C(O)CSc1cc(NS(=O)(=O)c2cccc(C3CCCCCC3)c2)c2ccccc2c1O. The Balaban J connectivity index is 0.000000155. The highest BCUT2D eigenvalue weighted by Crippen LogP contribution is 2.45. The van der Waals surface area contributed by atoms with Crippen LogP contribution in [0.5, 0.6) is 17.2 Å². The molecule has 1 aliphatic heterocycles. The fraction of sp³-hybridized carbons (Fsp3) is 0.260. The van der Waals surface area contributed by atoms with Gasteiger partial charge in [0.25, 0.3) is 30.1 Å². The Morgan fingerprint density at radius 2 is 0.726 bits per heavy atom. The summed E-state index contributed by atoms with van der Waals surface area (Å²) in [7, 11) is -11.5. The van der Waals surface area contributed by atoms with Crippen LogP contribution in [0.25, 0.3) is 32.3 Å². The minimum Gasteiger partial charge on any atom is -0.512 e. The Kier molecular flexibility index (Phi) is 22.9. The lowest BCUT2D eigenvalue weighted by Gasteiger charge is -2.18. The van der Waals surface area contributed by atoms with Crippen LogP contribution < -0.4 is 19.1 Å². The minimum atomic E-state index is -3.84. The van der Waals surface area contributed by atoms with Crippen molar-refractivity contribution in [3.8, 4) is 17.2 Å². The smallest absolute Gasteiger partial charge is 0.261 e. The molecule has 0 unspecified atom stereocenters. The molecule has 9 aromatic carbocycles. The molecule has 9 aromatic rings. The van der Waals surface area contributed by atoms with Crippen LogP contribution in [0, 0.1) is 0 Å². The van der Waals surface area contributed by atoms with Crippen LogP contribution in [0.15, 0.2) is 230 Å². The number of phenolic OH excluding ortho intramolecular Hbond substituents is 3. The molecule has 0 amide bonds. The molecule has 0 atom stereocenters. The van der Waals surface area contributed by atoms with E-state index in [1.54, 1.807) is 127 Å². The first kappa shape index (κ1) is 69.7. The van der Waals surface area contributed by atoms with Crippen molar-refractivity contribution < 1.29 is 55.9 Å². The predicted octanol–water partition coefficient (Wildman–Crippen LogP) is 18.2. The number of nitrogens with zero attached hydrogens (tertiary/aromatic N) is 1. The summed E-state index contributed by atoms with van der Waals surface area (Å²) in [5, 5.41) is 63.6. The molecular weight excluding hydrogens is 1320 g/mol. The zero-order valence-corrected chi connectivity index (χ0v) is 57.3. The third-order valence-electron chi connectivity index (χ3n) is 17.0. The number of thioether (sulfide) groups is 3. The average Bonchev–Trinajstić information content (AvgIpc) is 1.20. The van der Waals surface area contributed by atoms with E-state index in [0.29, 0.717) is 75.9 Å². The van der Waals surface area contributed by atoms with E-state index in [1.807, 2.05) is 36.4 Å². The molecule has 9 N–H and O–H groups in total. The number of hydrogen-bond donors (Lipinski definition) is 9. The van der Waals surface area contributed by atoms with Gasteiger partial charge in [-0.15, -0.1) is 35.3 Å². The third-order valence-corrected chi connectivity index (χ3v) is 24.4. The number of aliphatic hydroxyl groups excluding tert-OH is 3. The van der Waals surface area contributed by atoms with Crippen molar-refractivity contribution in [2.75, 3.05) is 49.4 Å². The lowest BCUT2D eigenvalue weighted by atomic mass is 9.92. The normalized spacial score (nSPS) is 14.7. The van der Waals surface area contributed by atoms with Crippen LogP contribution in [0.2, 0.25) is 0 Å². The second kappa shape index (κ2) is 31.2. The zero-order valence-electron chi connectivity index (χ0n) is 52.4. The quantitative estimate of drug-likeness (QED) is 0.0140. The molecule has 22 heteroatoms. The Morgan fingerprint density at radius 1 is 0.389 bits per heavy atom. The number of aromatic hydroxyl groups is 3. The first-order valence-corrected chi connectivity index (χ1v) is 38.8. The summed E-state index contributed by atoms with van der Waals surface area (Å²) in [6.45, 7) is 12.4. The van der Waals surface area contributed by atoms with Gasteiger partial charge in [0.1, 0.15) is 17.2 Å². The third kappa shape index (κ3) is 17.5. The standard InChI is InChI=1S/C26H29NO4S2.C24H25NO4S2.C23H24N2O4S2/c1-18(28)17-32-25-16-24(22-13-6-7-14-23(22)26(25)29)27-33(30,31)21-12-8-11-20(15-21)19-9-4-2-3-5-10-19;1-16(26)15-30-23-14-22(20-8-4-5-9-21(20)24(23)27)25-31(28,29)19-12-10-18(11-13-19)17-6-2-3-7-17;1-16(26)15-30-22-14-21(19-6-2-3-7-20(19)23(22)27)24-31(28,29)18-10-8-17(9-11-18)25-12-4-5-13-25/h6-8,11-16,19,27-29H,1-5,9-10,17H2;4-5,8-14,17,25-27H,1-3,6-7,15H2;2-3,6-11,14,24,26-27H,1,4-5,12-13,15H2. The van der Waals surface area contributed by atoms with Gasteiger partial charge in [0.05, 0.1) is 81.0 Å². The van der Waals surface area contributed by atoms with E-state index < -0.39 is 30.1 Å². The minimum absolute atomic E-state index is 0.0231. The lowest BCUT2D eigenvalue weighted by molar-refractivity contribution is 0.419. The Bertz CT molecular complexity index is 4430. The van der Waals surface area contributed by atoms with Gasteiger partial charge in [0.2, 0.25) is 0 Å². The maximum Gasteiger partial charge on any atom is 0.261 e. The Morgan fingerprint density at radius 3 is 1.11 bits per heavy atom. The lowest BCUT2D eigenvalue weighted by Crippen LogP contribution is -2.18. The number of aliphatic hydroxyl groups is 3. The summed E-state index contributed by atoms with van der Waals surface area (Å²) >= 11 is 3.56.